The van der Waals surface area contributed by atoms with Gasteiger partial charge in [-0.15, -0.1) is 12.4 Å². The Morgan fingerprint density at radius 3 is 2.35 bits per heavy atom. The second-order valence-corrected chi connectivity index (χ2v) is 6.26. The van der Waals surface area contributed by atoms with Crippen molar-refractivity contribution in [1.29, 1.82) is 0 Å². The van der Waals surface area contributed by atoms with Crippen molar-refractivity contribution >= 4 is 12.4 Å². The molecular formula is C13H25ClF3N3. The number of nitrogens with zero attached hydrogens (tertiary/aromatic N) is 2. The molecule has 2 heterocycles. The van der Waals surface area contributed by atoms with Gasteiger partial charge in [-0.2, -0.15) is 13.2 Å². The molecule has 2 fully saturated rings. The van der Waals surface area contributed by atoms with Crippen molar-refractivity contribution < 1.29 is 13.2 Å². The van der Waals surface area contributed by atoms with Gasteiger partial charge in [0.15, 0.2) is 0 Å². The number of hydrogen-bond acceptors (Lipinski definition) is 3. The average molecular weight is 316 g/mol. The Balaban J connectivity index is 0.00000200. The van der Waals surface area contributed by atoms with E-state index >= 15 is 0 Å². The maximum Gasteiger partial charge on any atom is 0.401 e. The van der Waals surface area contributed by atoms with Gasteiger partial charge in [0.2, 0.25) is 0 Å². The van der Waals surface area contributed by atoms with E-state index in [1.54, 1.807) is 0 Å². The summed E-state index contributed by atoms with van der Waals surface area (Å²) in [5.74, 6) is 0. The molecule has 3 nitrogen and oxygen atoms in total. The molecule has 1 N–H and O–H groups in total. The van der Waals surface area contributed by atoms with Crippen LogP contribution in [0.4, 0.5) is 13.2 Å². The number of rotatable bonds is 3. The molecule has 0 radical (unpaired) electrons. The third kappa shape index (κ3) is 5.76. The van der Waals surface area contributed by atoms with E-state index in [4.69, 9.17) is 0 Å². The highest BCUT2D eigenvalue weighted by Gasteiger charge is 2.33. The summed E-state index contributed by atoms with van der Waals surface area (Å²) in [5, 5.41) is 3.37. The molecule has 120 valence electrons. The summed E-state index contributed by atoms with van der Waals surface area (Å²) in [4.78, 5) is 3.87. The van der Waals surface area contributed by atoms with Gasteiger partial charge in [0, 0.05) is 26.2 Å². The highest BCUT2D eigenvalue weighted by atomic mass is 35.5. The van der Waals surface area contributed by atoms with Crippen LogP contribution < -0.4 is 5.32 Å². The van der Waals surface area contributed by atoms with Crippen molar-refractivity contribution in [3.8, 4) is 0 Å². The molecule has 2 saturated heterocycles. The predicted molar refractivity (Wildman–Crippen MR) is 76.4 cm³/mol. The average Bonchev–Trinajstić information content (AvgIpc) is 2.59. The lowest BCUT2D eigenvalue weighted by Crippen LogP contribution is -2.40. The summed E-state index contributed by atoms with van der Waals surface area (Å²) in [5.41, 5.74) is 0.291. The van der Waals surface area contributed by atoms with Crippen molar-refractivity contribution in [2.75, 3.05) is 52.4 Å². The normalized spacial score (nSPS) is 30.0. The lowest BCUT2D eigenvalue weighted by atomic mass is 9.89. The van der Waals surface area contributed by atoms with Gasteiger partial charge in [0.1, 0.15) is 0 Å². The predicted octanol–water partition coefficient (Wildman–Crippen LogP) is 1.98. The Morgan fingerprint density at radius 1 is 1.10 bits per heavy atom. The van der Waals surface area contributed by atoms with Gasteiger partial charge in [0.25, 0.3) is 0 Å². The molecule has 0 aromatic rings. The van der Waals surface area contributed by atoms with Gasteiger partial charge in [-0.05, 0) is 37.9 Å². The zero-order chi connectivity index (χ0) is 13.9. The molecule has 1 unspecified atom stereocenters. The summed E-state index contributed by atoms with van der Waals surface area (Å²) in [6, 6.07) is 0. The van der Waals surface area contributed by atoms with Crippen LogP contribution in [0.1, 0.15) is 19.8 Å². The molecule has 0 aliphatic carbocycles. The first-order valence-corrected chi connectivity index (χ1v) is 7.09. The van der Waals surface area contributed by atoms with Crippen molar-refractivity contribution in [2.24, 2.45) is 5.41 Å². The summed E-state index contributed by atoms with van der Waals surface area (Å²) in [6.45, 7) is 7.36. The molecule has 2 aliphatic rings. The Kier molecular flexibility index (Phi) is 6.57. The zero-order valence-corrected chi connectivity index (χ0v) is 12.8. The van der Waals surface area contributed by atoms with Crippen LogP contribution in [-0.2, 0) is 0 Å². The molecule has 0 bridgehead atoms. The maximum atomic E-state index is 12.4. The fraction of sp³-hybridized carbons (Fsp3) is 1.00. The molecule has 20 heavy (non-hydrogen) atoms. The minimum atomic E-state index is -4.07. The lowest BCUT2D eigenvalue weighted by molar-refractivity contribution is -0.145. The Labute approximate surface area is 125 Å². The smallest absolute Gasteiger partial charge is 0.316 e. The molecule has 7 heteroatoms. The van der Waals surface area contributed by atoms with Crippen LogP contribution >= 0.6 is 12.4 Å². The quantitative estimate of drug-likeness (QED) is 0.859. The monoisotopic (exact) mass is 315 g/mol. The molecule has 1 atom stereocenters. The molecule has 0 saturated carbocycles. The van der Waals surface area contributed by atoms with E-state index in [9.17, 15) is 13.2 Å². The largest absolute Gasteiger partial charge is 0.401 e. The third-order valence-corrected chi connectivity index (χ3v) is 4.15. The van der Waals surface area contributed by atoms with Gasteiger partial charge in [-0.3, -0.25) is 4.90 Å². The van der Waals surface area contributed by atoms with Gasteiger partial charge in [-0.1, -0.05) is 6.92 Å². The Morgan fingerprint density at radius 2 is 1.75 bits per heavy atom. The molecular weight excluding hydrogens is 291 g/mol. The van der Waals surface area contributed by atoms with Crippen LogP contribution in [0.25, 0.3) is 0 Å². The number of nitrogens with one attached hydrogen (secondary N) is 1. The van der Waals surface area contributed by atoms with E-state index in [2.05, 4.69) is 17.1 Å². The molecule has 2 aliphatic heterocycles. The van der Waals surface area contributed by atoms with Crippen molar-refractivity contribution in [1.82, 2.24) is 15.1 Å². The molecule has 0 spiro atoms. The SMILES string of the molecule is CC1(CN2CCCN(CC(F)(F)F)CC2)CCNC1.Cl. The maximum absolute atomic E-state index is 12.4. The highest BCUT2D eigenvalue weighted by Crippen LogP contribution is 2.26. The van der Waals surface area contributed by atoms with Gasteiger partial charge in [0.05, 0.1) is 6.54 Å². The fourth-order valence-electron chi connectivity index (χ4n) is 3.14. The van der Waals surface area contributed by atoms with Crippen LogP contribution in [-0.4, -0.2) is 68.3 Å². The number of alkyl halides is 3. The van der Waals surface area contributed by atoms with E-state index in [-0.39, 0.29) is 12.4 Å². The van der Waals surface area contributed by atoms with E-state index in [1.807, 2.05) is 0 Å². The molecule has 0 amide bonds. The van der Waals surface area contributed by atoms with Crippen molar-refractivity contribution in [3.63, 3.8) is 0 Å². The first-order chi connectivity index (χ1) is 8.86. The van der Waals surface area contributed by atoms with Gasteiger partial charge >= 0.3 is 6.18 Å². The second-order valence-electron chi connectivity index (χ2n) is 6.26. The Hall–Kier alpha value is -0.0400. The van der Waals surface area contributed by atoms with E-state index in [0.717, 1.165) is 45.6 Å². The second kappa shape index (κ2) is 7.29. The van der Waals surface area contributed by atoms with E-state index in [1.165, 1.54) is 4.90 Å². The first kappa shape index (κ1) is 18.0. The van der Waals surface area contributed by atoms with Crippen molar-refractivity contribution in [3.05, 3.63) is 0 Å². The molecule has 2 rings (SSSR count). The van der Waals surface area contributed by atoms with Crippen LogP contribution in [0.15, 0.2) is 0 Å². The fourth-order valence-corrected chi connectivity index (χ4v) is 3.14. The van der Waals surface area contributed by atoms with Crippen LogP contribution in [0.5, 0.6) is 0 Å². The van der Waals surface area contributed by atoms with Crippen LogP contribution in [0.2, 0.25) is 0 Å². The summed E-state index contributed by atoms with van der Waals surface area (Å²) >= 11 is 0. The molecule has 0 aromatic carbocycles. The first-order valence-electron chi connectivity index (χ1n) is 7.09. The topological polar surface area (TPSA) is 18.5 Å². The van der Waals surface area contributed by atoms with E-state index in [0.29, 0.717) is 18.5 Å². The number of hydrogen-bond donors (Lipinski definition) is 1. The Bertz CT molecular complexity index is 293. The van der Waals surface area contributed by atoms with Crippen LogP contribution in [0, 0.1) is 5.41 Å². The minimum Gasteiger partial charge on any atom is -0.316 e. The summed E-state index contributed by atoms with van der Waals surface area (Å²) in [6.07, 6.45) is -2.08. The lowest BCUT2D eigenvalue weighted by Gasteiger charge is -2.31. The minimum absolute atomic E-state index is 0. The van der Waals surface area contributed by atoms with Gasteiger partial charge in [-0.25, -0.2) is 0 Å². The van der Waals surface area contributed by atoms with Crippen molar-refractivity contribution in [2.45, 2.75) is 25.9 Å². The third-order valence-electron chi connectivity index (χ3n) is 4.15. The van der Waals surface area contributed by atoms with Crippen LogP contribution in [0.3, 0.4) is 0 Å². The van der Waals surface area contributed by atoms with E-state index < -0.39 is 12.7 Å². The van der Waals surface area contributed by atoms with Gasteiger partial charge < -0.3 is 10.2 Å². The molecule has 0 aromatic heterocycles. The number of halogens is 4. The summed E-state index contributed by atoms with van der Waals surface area (Å²) in [7, 11) is 0. The highest BCUT2D eigenvalue weighted by molar-refractivity contribution is 5.85. The standard InChI is InChI=1S/C13H24F3N3.ClH/c1-12(3-4-17-9-12)10-18-5-2-6-19(8-7-18)11-13(14,15)16;/h17H,2-11H2,1H3;1H. The summed E-state index contributed by atoms with van der Waals surface area (Å²) < 4.78 is 37.2. The zero-order valence-electron chi connectivity index (χ0n) is 12.0.